The van der Waals surface area contributed by atoms with Gasteiger partial charge >= 0.3 is 11.9 Å². The molecule has 2 aliphatic rings. The lowest BCUT2D eigenvalue weighted by molar-refractivity contribution is -0.137. The van der Waals surface area contributed by atoms with Crippen molar-refractivity contribution in [3.8, 4) is 17.0 Å². The van der Waals surface area contributed by atoms with Crippen molar-refractivity contribution in [2.45, 2.75) is 55.9 Å². The summed E-state index contributed by atoms with van der Waals surface area (Å²) in [5.41, 5.74) is -3.04. The van der Waals surface area contributed by atoms with Gasteiger partial charge in [0.2, 0.25) is 5.88 Å². The van der Waals surface area contributed by atoms with Crippen molar-refractivity contribution in [1.29, 1.82) is 0 Å². The van der Waals surface area contributed by atoms with Crippen LogP contribution in [0.2, 0.25) is 5.02 Å². The van der Waals surface area contributed by atoms with E-state index in [1.165, 1.54) is 29.2 Å². The molecule has 0 spiro atoms. The summed E-state index contributed by atoms with van der Waals surface area (Å²) in [5, 5.41) is 9.94. The third-order valence-corrected chi connectivity index (χ3v) is 9.73. The molecule has 4 aromatic rings. The van der Waals surface area contributed by atoms with Crippen LogP contribution in [0.15, 0.2) is 59.1 Å². The van der Waals surface area contributed by atoms with Crippen LogP contribution in [0.25, 0.3) is 22.0 Å². The first-order valence-corrected chi connectivity index (χ1v) is 15.9. The molecule has 16 heteroatoms. The van der Waals surface area contributed by atoms with E-state index in [9.17, 15) is 14.3 Å². The van der Waals surface area contributed by atoms with E-state index in [-0.39, 0.29) is 65.0 Å². The van der Waals surface area contributed by atoms with E-state index in [0.717, 1.165) is 23.9 Å². The molecule has 47 heavy (non-hydrogen) atoms. The Hall–Kier alpha value is -3.79. The van der Waals surface area contributed by atoms with Crippen LogP contribution in [0.1, 0.15) is 19.4 Å². The zero-order valence-corrected chi connectivity index (χ0v) is 26.6. The van der Waals surface area contributed by atoms with E-state index in [1.54, 1.807) is 9.80 Å². The Bertz CT molecular complexity index is 1900. The lowest BCUT2D eigenvalue weighted by Crippen LogP contribution is -2.60. The van der Waals surface area contributed by atoms with Crippen LogP contribution in [0.5, 0.6) is 5.88 Å². The van der Waals surface area contributed by atoms with Crippen LogP contribution in [-0.2, 0) is 12.7 Å². The number of rotatable bonds is 6. The first-order valence-electron chi connectivity index (χ1n) is 14.5. The van der Waals surface area contributed by atoms with E-state index in [0.29, 0.717) is 6.07 Å². The summed E-state index contributed by atoms with van der Waals surface area (Å²) in [7, 11) is 0. The van der Waals surface area contributed by atoms with Crippen molar-refractivity contribution in [3.63, 3.8) is 0 Å². The highest BCUT2D eigenvalue weighted by atomic mass is 35.5. The Labute approximate surface area is 274 Å². The number of benzene rings is 2. The number of hydrogen-bond acceptors (Lipinski definition) is 9. The maximum atomic E-state index is 15.4. The molecule has 0 amide bonds. The van der Waals surface area contributed by atoms with E-state index >= 15 is 17.6 Å². The number of piperazine rings is 1. The molecule has 2 aliphatic heterocycles. The minimum atomic E-state index is -5.01. The van der Waals surface area contributed by atoms with Gasteiger partial charge < -0.3 is 14.7 Å². The van der Waals surface area contributed by atoms with Crippen molar-refractivity contribution < 1.29 is 31.8 Å². The summed E-state index contributed by atoms with van der Waals surface area (Å²) in [4.78, 5) is 29.7. The average molecular weight is 695 g/mol. The smallest absolute Gasteiger partial charge is 0.417 e. The Kier molecular flexibility index (Phi) is 8.93. The predicted molar refractivity (Wildman–Crippen MR) is 168 cm³/mol. The average Bonchev–Trinajstić information content (AvgIpc) is 3.20. The van der Waals surface area contributed by atoms with Crippen molar-refractivity contribution in [2.24, 2.45) is 0 Å². The van der Waals surface area contributed by atoms with Crippen LogP contribution in [0.4, 0.5) is 27.8 Å². The number of ether oxygens (including phenoxy) is 1. The number of hydrogen-bond donors (Lipinski definition) is 1. The van der Waals surface area contributed by atoms with Gasteiger partial charge in [-0.2, -0.15) is 18.2 Å². The SMILES string of the molecule is C=CC(O)N1[C@H](C)CN(c2nc(=O)n3c4c(c(-c5cc(Cl)c(F)cc5F)c(C(F)(F)F)cc24)SC[C@@H](Oc2cnccn2)C3)C[C@@H]1C. The molecular weight excluding hydrogens is 667 g/mol. The third-order valence-electron chi connectivity index (χ3n) is 8.21. The molecule has 6 rings (SSSR count). The molecule has 0 saturated carbocycles. The maximum absolute atomic E-state index is 15.4. The van der Waals surface area contributed by atoms with Crippen LogP contribution < -0.4 is 15.3 Å². The van der Waals surface area contributed by atoms with Crippen molar-refractivity contribution >= 4 is 40.1 Å². The van der Waals surface area contributed by atoms with Crippen LogP contribution >= 0.6 is 23.4 Å². The lowest BCUT2D eigenvalue weighted by Gasteiger charge is -2.46. The monoisotopic (exact) mass is 694 g/mol. The first-order chi connectivity index (χ1) is 22.3. The molecule has 2 aromatic heterocycles. The number of aliphatic hydroxyl groups is 1. The third kappa shape index (κ3) is 6.17. The molecule has 1 saturated heterocycles. The van der Waals surface area contributed by atoms with Gasteiger partial charge in [0.15, 0.2) is 0 Å². The summed E-state index contributed by atoms with van der Waals surface area (Å²) in [6.45, 7) is 7.63. The highest BCUT2D eigenvalue weighted by Gasteiger charge is 2.40. The number of thioether (sulfide) groups is 1. The van der Waals surface area contributed by atoms with Crippen molar-refractivity contribution in [1.82, 2.24) is 24.4 Å². The summed E-state index contributed by atoms with van der Waals surface area (Å²) < 4.78 is 81.8. The van der Waals surface area contributed by atoms with Crippen LogP contribution in [0.3, 0.4) is 0 Å². The first kappa shape index (κ1) is 33.1. The van der Waals surface area contributed by atoms with Gasteiger partial charge in [0.05, 0.1) is 28.8 Å². The molecule has 9 nitrogen and oxygen atoms in total. The van der Waals surface area contributed by atoms with Gasteiger partial charge in [-0.15, -0.1) is 11.8 Å². The normalized spacial score (nSPS) is 21.0. The Morgan fingerprint density at radius 2 is 1.85 bits per heavy atom. The summed E-state index contributed by atoms with van der Waals surface area (Å²) in [6.07, 6.45) is -1.18. The second kappa shape index (κ2) is 12.7. The molecule has 248 valence electrons. The zero-order chi connectivity index (χ0) is 33.8. The highest BCUT2D eigenvalue weighted by molar-refractivity contribution is 7.99. The van der Waals surface area contributed by atoms with Crippen molar-refractivity contribution in [3.05, 3.63) is 82.1 Å². The van der Waals surface area contributed by atoms with Gasteiger partial charge in [0, 0.05) is 70.8 Å². The Morgan fingerprint density at radius 1 is 1.13 bits per heavy atom. The molecule has 2 aromatic carbocycles. The van der Waals surface area contributed by atoms with E-state index in [1.807, 2.05) is 13.8 Å². The number of alkyl halides is 3. The fourth-order valence-electron chi connectivity index (χ4n) is 6.32. The summed E-state index contributed by atoms with van der Waals surface area (Å²) in [6, 6.07) is 1.49. The number of aliphatic hydroxyl groups excluding tert-OH is 1. The van der Waals surface area contributed by atoms with Crippen molar-refractivity contribution in [2.75, 3.05) is 23.7 Å². The van der Waals surface area contributed by atoms with Crippen LogP contribution in [-0.4, -0.2) is 72.8 Å². The fourth-order valence-corrected chi connectivity index (χ4v) is 7.73. The second-order valence-corrected chi connectivity index (χ2v) is 12.8. The minimum absolute atomic E-state index is 0.00839. The molecular formula is C31H28ClF5N6O3S. The molecule has 1 unspecified atom stereocenters. The quantitative estimate of drug-likeness (QED) is 0.154. The van der Waals surface area contributed by atoms with Gasteiger partial charge in [-0.05, 0) is 32.1 Å². The van der Waals surface area contributed by atoms with E-state index in [2.05, 4.69) is 21.5 Å². The zero-order valence-electron chi connectivity index (χ0n) is 25.0. The Morgan fingerprint density at radius 3 is 2.49 bits per heavy atom. The number of aromatic nitrogens is 4. The molecule has 4 heterocycles. The lowest BCUT2D eigenvalue weighted by atomic mass is 9.95. The predicted octanol–water partition coefficient (Wildman–Crippen LogP) is 5.76. The second-order valence-electron chi connectivity index (χ2n) is 11.4. The van der Waals surface area contributed by atoms with Gasteiger partial charge in [-0.3, -0.25) is 14.5 Å². The number of halogens is 6. The van der Waals surface area contributed by atoms with Gasteiger partial charge in [-0.1, -0.05) is 18.2 Å². The highest BCUT2D eigenvalue weighted by Crippen LogP contribution is 2.49. The molecule has 4 atom stereocenters. The molecule has 0 aliphatic carbocycles. The molecule has 0 bridgehead atoms. The van der Waals surface area contributed by atoms with E-state index < -0.39 is 57.5 Å². The topological polar surface area (TPSA) is 96.6 Å². The van der Waals surface area contributed by atoms with Gasteiger partial charge in [0.1, 0.15) is 29.8 Å². The number of nitrogens with zero attached hydrogens (tertiary/aromatic N) is 6. The number of anilines is 1. The van der Waals surface area contributed by atoms with E-state index in [4.69, 9.17) is 16.3 Å². The Balaban J connectivity index is 1.62. The standard InChI is InChI=1S/C31H28ClF5N6O3S/c1-4-25(44)43-15(2)11-41(12-16(43)3)29-19-7-20(31(35,36)37)26(18-8-21(32)23(34)9-22(18)33)28-27(19)42(30(45)40-29)13-17(14-47-28)46-24-10-38-5-6-39-24/h4-10,15-17,25,44H,1,11-14H2,2-3H3/t15-,16+,17-,25?/m0/s1. The van der Waals surface area contributed by atoms with Gasteiger partial charge in [-0.25, -0.2) is 18.6 Å². The molecule has 0 radical (unpaired) electrons. The van der Waals surface area contributed by atoms with Gasteiger partial charge in [0.25, 0.3) is 0 Å². The fraction of sp³-hybridized carbons (Fsp3) is 0.355. The summed E-state index contributed by atoms with van der Waals surface area (Å²) in [5.74, 6) is -2.22. The molecule has 1 N–H and O–H groups in total. The maximum Gasteiger partial charge on any atom is 0.417 e. The van der Waals surface area contributed by atoms with Crippen LogP contribution in [0, 0.1) is 11.6 Å². The minimum Gasteiger partial charge on any atom is -0.470 e. The largest absolute Gasteiger partial charge is 0.470 e. The summed E-state index contributed by atoms with van der Waals surface area (Å²) >= 11 is 6.91. The molecule has 1 fully saturated rings.